The van der Waals surface area contributed by atoms with Gasteiger partial charge in [0.1, 0.15) is 0 Å². The first-order chi connectivity index (χ1) is 14.5. The van der Waals surface area contributed by atoms with E-state index in [4.69, 9.17) is 5.11 Å². The van der Waals surface area contributed by atoms with Gasteiger partial charge < -0.3 is 10.0 Å². The van der Waals surface area contributed by atoms with E-state index in [2.05, 4.69) is 20.5 Å². The summed E-state index contributed by atoms with van der Waals surface area (Å²) in [6.45, 7) is 0.663. The average Bonchev–Trinajstić information content (AvgIpc) is 2.78. The zero-order chi connectivity index (χ0) is 21.3. The second-order valence-electron chi connectivity index (χ2n) is 6.35. The minimum absolute atomic E-state index is 0.00971. The fourth-order valence-electron chi connectivity index (χ4n) is 2.51. The van der Waals surface area contributed by atoms with Crippen LogP contribution < -0.4 is 4.90 Å². The largest absolute Gasteiger partial charge is 0.395 e. The third-order valence-corrected chi connectivity index (χ3v) is 4.20. The predicted octanol–water partition coefficient (Wildman–Crippen LogP) is 5.85. The molecule has 3 aromatic carbocycles. The van der Waals surface area contributed by atoms with Crippen molar-refractivity contribution in [2.75, 3.05) is 25.1 Å². The third kappa shape index (κ3) is 5.76. The Morgan fingerprint density at radius 2 is 1.13 bits per heavy atom. The molecule has 0 heterocycles. The first-order valence-electron chi connectivity index (χ1n) is 9.15. The number of azo groups is 2. The van der Waals surface area contributed by atoms with Gasteiger partial charge in [-0.05, 0) is 60.7 Å². The number of nitro benzene ring substituents is 1. The lowest BCUT2D eigenvalue weighted by Crippen LogP contribution is -2.20. The monoisotopic (exact) mass is 404 g/mol. The summed E-state index contributed by atoms with van der Waals surface area (Å²) in [7, 11) is 1.91. The minimum Gasteiger partial charge on any atom is -0.395 e. The van der Waals surface area contributed by atoms with Gasteiger partial charge >= 0.3 is 0 Å². The molecule has 0 spiro atoms. The smallest absolute Gasteiger partial charge is 0.269 e. The van der Waals surface area contributed by atoms with Gasteiger partial charge in [0, 0.05) is 31.4 Å². The Balaban J connectivity index is 1.60. The van der Waals surface area contributed by atoms with Crippen molar-refractivity contribution in [3.8, 4) is 0 Å². The minimum atomic E-state index is -0.460. The number of aliphatic hydroxyl groups is 1. The molecule has 1 N–H and O–H groups in total. The molecule has 9 heteroatoms. The van der Waals surface area contributed by atoms with Gasteiger partial charge in [0.05, 0.1) is 34.3 Å². The van der Waals surface area contributed by atoms with Crippen molar-refractivity contribution < 1.29 is 10.0 Å². The van der Waals surface area contributed by atoms with Crippen LogP contribution in [0.15, 0.2) is 93.3 Å². The number of anilines is 1. The zero-order valence-electron chi connectivity index (χ0n) is 16.3. The van der Waals surface area contributed by atoms with Gasteiger partial charge in [-0.2, -0.15) is 20.5 Å². The molecule has 0 amide bonds. The van der Waals surface area contributed by atoms with Gasteiger partial charge in [0.25, 0.3) is 5.69 Å². The fraction of sp³-hybridized carbons (Fsp3) is 0.143. The van der Waals surface area contributed by atoms with Crippen LogP contribution in [0.4, 0.5) is 34.1 Å². The van der Waals surface area contributed by atoms with Crippen LogP contribution in [0.2, 0.25) is 0 Å². The fourth-order valence-corrected chi connectivity index (χ4v) is 2.51. The third-order valence-electron chi connectivity index (χ3n) is 4.20. The molecule has 30 heavy (non-hydrogen) atoms. The highest BCUT2D eigenvalue weighted by Crippen LogP contribution is 2.25. The predicted molar refractivity (Wildman–Crippen MR) is 115 cm³/mol. The number of hydrogen-bond acceptors (Lipinski definition) is 8. The van der Waals surface area contributed by atoms with Gasteiger partial charge in [-0.25, -0.2) is 0 Å². The van der Waals surface area contributed by atoms with Crippen LogP contribution in [0.5, 0.6) is 0 Å². The highest BCUT2D eigenvalue weighted by atomic mass is 16.6. The van der Waals surface area contributed by atoms with Gasteiger partial charge in [-0.3, -0.25) is 10.1 Å². The molecule has 152 valence electrons. The lowest BCUT2D eigenvalue weighted by Gasteiger charge is -2.17. The molecule has 0 bridgehead atoms. The second-order valence-corrected chi connectivity index (χ2v) is 6.35. The van der Waals surface area contributed by atoms with Crippen LogP contribution in [-0.2, 0) is 0 Å². The van der Waals surface area contributed by atoms with Gasteiger partial charge in [-0.15, -0.1) is 0 Å². The van der Waals surface area contributed by atoms with Crippen molar-refractivity contribution >= 4 is 34.1 Å². The second kappa shape index (κ2) is 9.99. The highest BCUT2D eigenvalue weighted by Gasteiger charge is 2.03. The van der Waals surface area contributed by atoms with Crippen molar-refractivity contribution in [2.24, 2.45) is 20.5 Å². The van der Waals surface area contributed by atoms with Crippen molar-refractivity contribution in [3.63, 3.8) is 0 Å². The van der Waals surface area contributed by atoms with E-state index in [1.165, 1.54) is 24.3 Å². The van der Waals surface area contributed by atoms with E-state index in [0.717, 1.165) is 11.4 Å². The van der Waals surface area contributed by atoms with Crippen molar-refractivity contribution in [3.05, 3.63) is 82.9 Å². The molecule has 0 saturated heterocycles. The number of non-ortho nitro benzene ring substituents is 1. The van der Waals surface area contributed by atoms with E-state index < -0.39 is 4.92 Å². The van der Waals surface area contributed by atoms with Crippen molar-refractivity contribution in [1.29, 1.82) is 0 Å². The van der Waals surface area contributed by atoms with Crippen LogP contribution in [0.3, 0.4) is 0 Å². The summed E-state index contributed by atoms with van der Waals surface area (Å²) in [5.41, 5.74) is 3.55. The Labute approximate surface area is 173 Å². The molecule has 0 unspecified atom stereocenters. The normalized spacial score (nSPS) is 11.3. The Kier molecular flexibility index (Phi) is 6.91. The zero-order valence-corrected chi connectivity index (χ0v) is 16.3. The number of benzene rings is 3. The standard InChI is InChI=1S/C21H20N6O3/c1-26(14-15-28)20-10-6-18(7-11-20)24-22-16-2-4-17(5-3-16)23-25-19-8-12-21(13-9-19)27(29)30/h2-13,28H,14-15H2,1H3. The lowest BCUT2D eigenvalue weighted by atomic mass is 10.2. The van der Waals surface area contributed by atoms with E-state index in [0.29, 0.717) is 23.6 Å². The summed E-state index contributed by atoms with van der Waals surface area (Å²) in [4.78, 5) is 12.1. The summed E-state index contributed by atoms with van der Waals surface area (Å²) in [5.74, 6) is 0. The molecular weight excluding hydrogens is 384 g/mol. The molecule has 0 saturated carbocycles. The molecule has 0 radical (unpaired) electrons. The number of nitro groups is 1. The maximum absolute atomic E-state index is 10.7. The number of rotatable bonds is 8. The van der Waals surface area contributed by atoms with E-state index in [1.54, 1.807) is 24.3 Å². The van der Waals surface area contributed by atoms with E-state index >= 15 is 0 Å². The average molecular weight is 404 g/mol. The highest BCUT2D eigenvalue weighted by molar-refractivity contribution is 5.53. The Hall–Kier alpha value is -3.98. The Morgan fingerprint density at radius 1 is 0.767 bits per heavy atom. The van der Waals surface area contributed by atoms with Crippen LogP contribution >= 0.6 is 0 Å². The molecular formula is C21H20N6O3. The first kappa shape index (κ1) is 20.7. The molecule has 0 atom stereocenters. The van der Waals surface area contributed by atoms with E-state index in [-0.39, 0.29) is 12.3 Å². The number of aliphatic hydroxyl groups excluding tert-OH is 1. The molecule has 0 fully saturated rings. The lowest BCUT2D eigenvalue weighted by molar-refractivity contribution is -0.384. The Morgan fingerprint density at radius 3 is 1.50 bits per heavy atom. The topological polar surface area (TPSA) is 116 Å². The molecule has 3 rings (SSSR count). The van der Waals surface area contributed by atoms with E-state index in [9.17, 15) is 10.1 Å². The SMILES string of the molecule is CN(CCO)c1ccc(N=Nc2ccc(N=Nc3ccc([N+](=O)[O-])cc3)cc2)cc1. The van der Waals surface area contributed by atoms with Crippen molar-refractivity contribution in [2.45, 2.75) is 0 Å². The molecule has 0 aliphatic carbocycles. The maximum Gasteiger partial charge on any atom is 0.269 e. The number of likely N-dealkylation sites (N-methyl/N-ethyl adjacent to an activating group) is 1. The first-order valence-corrected chi connectivity index (χ1v) is 9.15. The molecule has 0 aliphatic heterocycles. The van der Waals surface area contributed by atoms with Crippen LogP contribution in [0.1, 0.15) is 0 Å². The van der Waals surface area contributed by atoms with Crippen LogP contribution in [0, 0.1) is 10.1 Å². The molecule has 9 nitrogen and oxygen atoms in total. The Bertz CT molecular complexity index is 1030. The summed E-state index contributed by atoms with van der Waals surface area (Å²) in [5, 5.41) is 36.3. The number of nitrogens with zero attached hydrogens (tertiary/aromatic N) is 6. The van der Waals surface area contributed by atoms with E-state index in [1.807, 2.05) is 36.2 Å². The summed E-state index contributed by atoms with van der Waals surface area (Å²) >= 11 is 0. The maximum atomic E-state index is 10.7. The van der Waals surface area contributed by atoms with Crippen molar-refractivity contribution in [1.82, 2.24) is 0 Å². The molecule has 0 aromatic heterocycles. The van der Waals surface area contributed by atoms with Crippen LogP contribution in [0.25, 0.3) is 0 Å². The molecule has 0 aliphatic rings. The summed E-state index contributed by atoms with van der Waals surface area (Å²) < 4.78 is 0. The van der Waals surface area contributed by atoms with Crippen LogP contribution in [-0.4, -0.2) is 30.2 Å². The summed E-state index contributed by atoms with van der Waals surface area (Å²) in [6.07, 6.45) is 0. The van der Waals surface area contributed by atoms with Gasteiger partial charge in [0.2, 0.25) is 0 Å². The quantitative estimate of drug-likeness (QED) is 0.288. The summed E-state index contributed by atoms with van der Waals surface area (Å²) in [6, 6.07) is 20.5. The molecule has 3 aromatic rings. The van der Waals surface area contributed by atoms with Gasteiger partial charge in [0.15, 0.2) is 0 Å². The van der Waals surface area contributed by atoms with Gasteiger partial charge in [-0.1, -0.05) is 0 Å². The number of hydrogen-bond donors (Lipinski definition) is 1.